The van der Waals surface area contributed by atoms with E-state index in [-0.39, 0.29) is 18.2 Å². The molecule has 1 aromatic rings. The van der Waals surface area contributed by atoms with Crippen molar-refractivity contribution in [2.75, 3.05) is 13.2 Å². The number of ether oxygens (including phenoxy) is 1. The summed E-state index contributed by atoms with van der Waals surface area (Å²) in [6.45, 7) is 7.05. The van der Waals surface area contributed by atoms with Gasteiger partial charge in [-0.25, -0.2) is 4.39 Å². The Bertz CT molecular complexity index is 419. The summed E-state index contributed by atoms with van der Waals surface area (Å²) in [4.78, 5) is 11.9. The van der Waals surface area contributed by atoms with Crippen LogP contribution in [0.2, 0.25) is 0 Å². The van der Waals surface area contributed by atoms with Crippen molar-refractivity contribution in [3.63, 3.8) is 0 Å². The lowest BCUT2D eigenvalue weighted by molar-refractivity contribution is -0.145. The van der Waals surface area contributed by atoms with Crippen LogP contribution in [-0.2, 0) is 15.1 Å². The van der Waals surface area contributed by atoms with Gasteiger partial charge in [0.1, 0.15) is 5.82 Å². The van der Waals surface area contributed by atoms with Crippen molar-refractivity contribution in [3.05, 3.63) is 35.6 Å². The third-order valence-electron chi connectivity index (χ3n) is 3.47. The van der Waals surface area contributed by atoms with Crippen LogP contribution >= 0.6 is 0 Å². The van der Waals surface area contributed by atoms with Crippen molar-refractivity contribution >= 4 is 5.97 Å². The number of benzene rings is 1. The van der Waals surface area contributed by atoms with E-state index in [2.05, 4.69) is 12.2 Å². The Balaban J connectivity index is 3.03. The SMILES string of the molecule is CCCNC(CC)(CC(=O)OCC)c1ccc(F)cc1. The number of hydrogen-bond donors (Lipinski definition) is 1. The smallest absolute Gasteiger partial charge is 0.308 e. The number of carbonyl (C=O) groups is 1. The van der Waals surface area contributed by atoms with Gasteiger partial charge in [0.05, 0.1) is 18.6 Å². The van der Waals surface area contributed by atoms with Gasteiger partial charge in [0.15, 0.2) is 0 Å². The Hall–Kier alpha value is -1.42. The van der Waals surface area contributed by atoms with Gasteiger partial charge in [0.25, 0.3) is 0 Å². The average Bonchev–Trinajstić information content (AvgIpc) is 2.44. The van der Waals surface area contributed by atoms with Crippen molar-refractivity contribution in [2.45, 2.75) is 45.6 Å². The van der Waals surface area contributed by atoms with E-state index in [0.29, 0.717) is 6.61 Å². The van der Waals surface area contributed by atoms with Crippen LogP contribution in [0.5, 0.6) is 0 Å². The molecule has 1 atom stereocenters. The minimum Gasteiger partial charge on any atom is -0.466 e. The largest absolute Gasteiger partial charge is 0.466 e. The summed E-state index contributed by atoms with van der Waals surface area (Å²) in [6.07, 6.45) is 1.95. The predicted molar refractivity (Wildman–Crippen MR) is 77.9 cm³/mol. The fourth-order valence-electron chi connectivity index (χ4n) is 2.31. The molecule has 0 spiro atoms. The second kappa shape index (κ2) is 8.00. The first-order chi connectivity index (χ1) is 9.57. The molecular formula is C16H24FNO2. The monoisotopic (exact) mass is 281 g/mol. The van der Waals surface area contributed by atoms with Crippen LogP contribution in [0.4, 0.5) is 4.39 Å². The number of halogens is 1. The summed E-state index contributed by atoms with van der Waals surface area (Å²) in [5.74, 6) is -0.507. The molecule has 112 valence electrons. The first kappa shape index (κ1) is 16.6. The summed E-state index contributed by atoms with van der Waals surface area (Å²) in [5.41, 5.74) is 0.429. The van der Waals surface area contributed by atoms with Crippen molar-refractivity contribution in [1.29, 1.82) is 0 Å². The van der Waals surface area contributed by atoms with Crippen LogP contribution in [0.15, 0.2) is 24.3 Å². The molecule has 0 saturated carbocycles. The minimum atomic E-state index is -0.490. The molecule has 1 N–H and O–H groups in total. The highest BCUT2D eigenvalue weighted by Gasteiger charge is 2.33. The van der Waals surface area contributed by atoms with E-state index in [4.69, 9.17) is 4.74 Å². The molecule has 0 saturated heterocycles. The quantitative estimate of drug-likeness (QED) is 0.742. The number of rotatable bonds is 8. The lowest BCUT2D eigenvalue weighted by Crippen LogP contribution is -2.44. The van der Waals surface area contributed by atoms with E-state index in [0.717, 1.165) is 24.9 Å². The second-order valence-electron chi connectivity index (χ2n) is 4.85. The van der Waals surface area contributed by atoms with Gasteiger partial charge >= 0.3 is 5.97 Å². The van der Waals surface area contributed by atoms with Crippen molar-refractivity contribution in [2.24, 2.45) is 0 Å². The van der Waals surface area contributed by atoms with Gasteiger partial charge < -0.3 is 10.1 Å². The maximum absolute atomic E-state index is 13.1. The number of esters is 1. The lowest BCUT2D eigenvalue weighted by atomic mass is 9.84. The van der Waals surface area contributed by atoms with Crippen molar-refractivity contribution in [1.82, 2.24) is 5.32 Å². The first-order valence-corrected chi connectivity index (χ1v) is 7.24. The molecule has 0 aliphatic carbocycles. The highest BCUT2D eigenvalue weighted by molar-refractivity contribution is 5.71. The molecule has 3 nitrogen and oxygen atoms in total. The number of hydrogen-bond acceptors (Lipinski definition) is 3. The predicted octanol–water partition coefficient (Wildman–Crippen LogP) is 3.38. The first-order valence-electron chi connectivity index (χ1n) is 7.24. The zero-order chi connectivity index (χ0) is 15.0. The third-order valence-corrected chi connectivity index (χ3v) is 3.47. The fourth-order valence-corrected chi connectivity index (χ4v) is 2.31. The molecule has 4 heteroatoms. The molecule has 1 aromatic carbocycles. The molecule has 1 unspecified atom stereocenters. The highest BCUT2D eigenvalue weighted by Crippen LogP contribution is 2.29. The maximum atomic E-state index is 13.1. The van der Waals surface area contributed by atoms with E-state index >= 15 is 0 Å². The van der Waals surface area contributed by atoms with Gasteiger partial charge in [-0.2, -0.15) is 0 Å². The summed E-state index contributed by atoms with van der Waals surface area (Å²) in [7, 11) is 0. The van der Waals surface area contributed by atoms with Crippen molar-refractivity contribution < 1.29 is 13.9 Å². The molecule has 0 fully saturated rings. The van der Waals surface area contributed by atoms with Gasteiger partial charge in [0.2, 0.25) is 0 Å². The topological polar surface area (TPSA) is 38.3 Å². The van der Waals surface area contributed by atoms with Gasteiger partial charge in [-0.3, -0.25) is 4.79 Å². The Morgan fingerprint density at radius 3 is 2.40 bits per heavy atom. The molecular weight excluding hydrogens is 257 g/mol. The fraction of sp³-hybridized carbons (Fsp3) is 0.562. The molecule has 0 aliphatic heterocycles. The minimum absolute atomic E-state index is 0.234. The van der Waals surface area contributed by atoms with E-state index in [1.807, 2.05) is 6.92 Å². The third kappa shape index (κ3) is 4.30. The van der Waals surface area contributed by atoms with E-state index in [1.165, 1.54) is 12.1 Å². The molecule has 0 bridgehead atoms. The zero-order valence-electron chi connectivity index (χ0n) is 12.5. The van der Waals surface area contributed by atoms with Crippen molar-refractivity contribution in [3.8, 4) is 0 Å². The normalized spacial score (nSPS) is 13.8. The van der Waals surface area contributed by atoms with Crippen LogP contribution in [0.3, 0.4) is 0 Å². The van der Waals surface area contributed by atoms with E-state index in [9.17, 15) is 9.18 Å². The number of carbonyl (C=O) groups excluding carboxylic acids is 1. The molecule has 1 rings (SSSR count). The summed E-state index contributed by atoms with van der Waals surface area (Å²) in [6, 6.07) is 6.33. The van der Waals surface area contributed by atoms with E-state index in [1.54, 1.807) is 19.1 Å². The Morgan fingerprint density at radius 1 is 1.25 bits per heavy atom. The summed E-state index contributed by atoms with van der Waals surface area (Å²) < 4.78 is 18.2. The van der Waals surface area contributed by atoms with Gasteiger partial charge in [-0.15, -0.1) is 0 Å². The van der Waals surface area contributed by atoms with Crippen LogP contribution in [0.25, 0.3) is 0 Å². The lowest BCUT2D eigenvalue weighted by Gasteiger charge is -2.34. The second-order valence-corrected chi connectivity index (χ2v) is 4.85. The Labute approximate surface area is 120 Å². The maximum Gasteiger partial charge on any atom is 0.308 e. The molecule has 0 aromatic heterocycles. The Kier molecular flexibility index (Phi) is 6.65. The van der Waals surface area contributed by atoms with Crippen LogP contribution in [-0.4, -0.2) is 19.1 Å². The summed E-state index contributed by atoms with van der Waals surface area (Å²) >= 11 is 0. The van der Waals surface area contributed by atoms with Gasteiger partial charge in [0, 0.05) is 0 Å². The Morgan fingerprint density at radius 2 is 1.90 bits per heavy atom. The number of nitrogens with one attached hydrogen (secondary N) is 1. The van der Waals surface area contributed by atoms with Gasteiger partial charge in [-0.1, -0.05) is 26.0 Å². The van der Waals surface area contributed by atoms with Crippen LogP contribution in [0, 0.1) is 5.82 Å². The highest BCUT2D eigenvalue weighted by atomic mass is 19.1. The van der Waals surface area contributed by atoms with Crippen LogP contribution in [0.1, 0.15) is 45.6 Å². The average molecular weight is 281 g/mol. The van der Waals surface area contributed by atoms with Crippen LogP contribution < -0.4 is 5.32 Å². The van der Waals surface area contributed by atoms with Gasteiger partial charge in [-0.05, 0) is 44.0 Å². The molecule has 0 amide bonds. The molecule has 0 radical (unpaired) electrons. The zero-order valence-corrected chi connectivity index (χ0v) is 12.5. The summed E-state index contributed by atoms with van der Waals surface area (Å²) in [5, 5.41) is 3.43. The molecule has 0 aliphatic rings. The molecule has 20 heavy (non-hydrogen) atoms. The molecule has 0 heterocycles. The standard InChI is InChI=1S/C16H24FNO2/c1-4-11-18-16(5-2,12-15(19)20-6-3)13-7-9-14(17)10-8-13/h7-10,18H,4-6,11-12H2,1-3H3. The van der Waals surface area contributed by atoms with E-state index < -0.39 is 5.54 Å².